The molecule has 3 aliphatic carbocycles. The summed E-state index contributed by atoms with van der Waals surface area (Å²) in [4.78, 5) is 27.0. The summed E-state index contributed by atoms with van der Waals surface area (Å²) in [7, 11) is 0. The Morgan fingerprint density at radius 2 is 1.90 bits per heavy atom. The number of fused-ring (bicyclic) bond motifs is 1. The molecule has 1 unspecified atom stereocenters. The molecule has 3 nitrogen and oxygen atoms in total. The Morgan fingerprint density at radius 3 is 2.65 bits per heavy atom. The third-order valence-corrected chi connectivity index (χ3v) is 5.78. The minimum atomic E-state index is -0.0939. The molecule has 20 heavy (non-hydrogen) atoms. The molecule has 4 aliphatic rings. The maximum Gasteiger partial charge on any atom is 0.233 e. The van der Waals surface area contributed by atoms with Crippen molar-refractivity contribution in [2.45, 2.75) is 51.9 Å². The quantitative estimate of drug-likeness (QED) is 0.688. The van der Waals surface area contributed by atoms with E-state index >= 15 is 0 Å². The minimum Gasteiger partial charge on any atom is -0.315 e. The number of hydrogen-bond acceptors (Lipinski definition) is 2. The molecular formula is C17H21NO2. The van der Waals surface area contributed by atoms with Gasteiger partial charge in [0.25, 0.3) is 0 Å². The van der Waals surface area contributed by atoms with Gasteiger partial charge in [-0.2, -0.15) is 0 Å². The van der Waals surface area contributed by atoms with E-state index in [1.165, 1.54) is 24.8 Å². The van der Waals surface area contributed by atoms with Crippen LogP contribution in [0.1, 0.15) is 51.9 Å². The van der Waals surface area contributed by atoms with Crippen molar-refractivity contribution in [2.75, 3.05) is 6.54 Å². The molecule has 4 rings (SSSR count). The van der Waals surface area contributed by atoms with Crippen molar-refractivity contribution in [3.05, 3.63) is 22.9 Å². The van der Waals surface area contributed by atoms with Crippen LogP contribution in [0.15, 0.2) is 22.9 Å². The maximum absolute atomic E-state index is 12.9. The summed E-state index contributed by atoms with van der Waals surface area (Å²) < 4.78 is 0. The SMILES string of the molecule is CC1=C(N2CCC3(CCCCC3)C2=O)CC2=CC2C1=O. The van der Waals surface area contributed by atoms with Crippen molar-refractivity contribution in [3.8, 4) is 0 Å². The van der Waals surface area contributed by atoms with Crippen LogP contribution in [0.5, 0.6) is 0 Å². The Morgan fingerprint density at radius 1 is 1.15 bits per heavy atom. The first-order valence-electron chi connectivity index (χ1n) is 7.89. The molecule has 1 amide bonds. The first-order valence-corrected chi connectivity index (χ1v) is 7.89. The summed E-state index contributed by atoms with van der Waals surface area (Å²) in [5.41, 5.74) is 2.97. The van der Waals surface area contributed by atoms with E-state index in [0.717, 1.165) is 43.5 Å². The molecule has 0 aromatic heterocycles. The summed E-state index contributed by atoms with van der Waals surface area (Å²) in [6.45, 7) is 2.72. The number of amides is 1. The molecule has 0 radical (unpaired) electrons. The second kappa shape index (κ2) is 4.06. The van der Waals surface area contributed by atoms with E-state index < -0.39 is 0 Å². The van der Waals surface area contributed by atoms with Crippen LogP contribution in [0, 0.1) is 11.3 Å². The predicted octanol–water partition coefficient (Wildman–Crippen LogP) is 2.97. The van der Waals surface area contributed by atoms with Gasteiger partial charge < -0.3 is 4.90 Å². The third-order valence-electron chi connectivity index (χ3n) is 5.78. The highest BCUT2D eigenvalue weighted by Gasteiger charge is 2.49. The van der Waals surface area contributed by atoms with Gasteiger partial charge in [0.15, 0.2) is 5.78 Å². The Bertz CT molecular complexity index is 564. The molecule has 1 saturated heterocycles. The molecule has 1 atom stereocenters. The number of rotatable bonds is 1. The summed E-state index contributed by atoms with van der Waals surface area (Å²) >= 11 is 0. The Kier molecular flexibility index (Phi) is 2.51. The van der Waals surface area contributed by atoms with Crippen molar-refractivity contribution in [1.29, 1.82) is 0 Å². The zero-order valence-electron chi connectivity index (χ0n) is 12.1. The number of Topliss-reactive ketones (excluding diaryl/α,β-unsaturated/α-hetero) is 1. The lowest BCUT2D eigenvalue weighted by atomic mass is 9.73. The lowest BCUT2D eigenvalue weighted by Crippen LogP contribution is -2.37. The lowest BCUT2D eigenvalue weighted by Gasteiger charge is -2.32. The highest BCUT2D eigenvalue weighted by atomic mass is 16.2. The predicted molar refractivity (Wildman–Crippen MR) is 75.7 cm³/mol. The summed E-state index contributed by atoms with van der Waals surface area (Å²) in [5.74, 6) is 0.609. The molecule has 0 aromatic rings. The average Bonchev–Trinajstić information content (AvgIpc) is 3.18. The number of carbonyl (C=O) groups is 2. The zero-order valence-corrected chi connectivity index (χ0v) is 12.1. The summed E-state index contributed by atoms with van der Waals surface area (Å²) in [6, 6.07) is 0. The van der Waals surface area contributed by atoms with Crippen LogP contribution < -0.4 is 0 Å². The summed E-state index contributed by atoms with van der Waals surface area (Å²) in [5, 5.41) is 0. The van der Waals surface area contributed by atoms with Gasteiger partial charge in [0.2, 0.25) is 5.91 Å². The van der Waals surface area contributed by atoms with E-state index in [0.29, 0.717) is 5.91 Å². The van der Waals surface area contributed by atoms with Crippen LogP contribution in [0.25, 0.3) is 0 Å². The van der Waals surface area contributed by atoms with Crippen molar-refractivity contribution in [2.24, 2.45) is 11.3 Å². The molecule has 3 heteroatoms. The number of allylic oxidation sites excluding steroid dienone is 3. The fourth-order valence-electron chi connectivity index (χ4n) is 4.35. The highest BCUT2D eigenvalue weighted by Crippen LogP contribution is 2.49. The first kappa shape index (κ1) is 12.4. The first-order chi connectivity index (χ1) is 9.62. The van der Waals surface area contributed by atoms with Gasteiger partial charge >= 0.3 is 0 Å². The molecule has 106 valence electrons. The molecule has 1 spiro atoms. The van der Waals surface area contributed by atoms with Gasteiger partial charge in [0.05, 0.1) is 11.3 Å². The monoisotopic (exact) mass is 271 g/mol. The number of likely N-dealkylation sites (tertiary alicyclic amines) is 1. The van der Waals surface area contributed by atoms with E-state index in [4.69, 9.17) is 0 Å². The topological polar surface area (TPSA) is 37.4 Å². The van der Waals surface area contributed by atoms with Crippen LogP contribution in [0.2, 0.25) is 0 Å². The molecule has 0 bridgehead atoms. The molecule has 2 fully saturated rings. The molecule has 1 heterocycles. The van der Waals surface area contributed by atoms with Gasteiger partial charge in [-0.15, -0.1) is 0 Å². The third kappa shape index (κ3) is 1.58. The van der Waals surface area contributed by atoms with Gasteiger partial charge in [-0.1, -0.05) is 30.9 Å². The Hall–Kier alpha value is -1.38. The van der Waals surface area contributed by atoms with Gasteiger partial charge in [0.1, 0.15) is 0 Å². The molecular weight excluding hydrogens is 250 g/mol. The standard InChI is InChI=1S/C17H21NO2/c1-11-14(10-12-9-13(12)15(11)19)18-8-7-17(16(18)20)5-3-2-4-6-17/h9,13H,2-8,10H2,1H3. The molecule has 0 aromatic carbocycles. The van der Waals surface area contributed by atoms with Crippen molar-refractivity contribution in [1.82, 2.24) is 4.90 Å². The number of ketones is 1. The smallest absolute Gasteiger partial charge is 0.233 e. The second-order valence-electron chi connectivity index (χ2n) is 6.88. The largest absolute Gasteiger partial charge is 0.315 e. The van der Waals surface area contributed by atoms with Crippen LogP contribution >= 0.6 is 0 Å². The van der Waals surface area contributed by atoms with E-state index in [2.05, 4.69) is 6.08 Å². The van der Waals surface area contributed by atoms with Gasteiger partial charge in [0, 0.05) is 24.2 Å². The van der Waals surface area contributed by atoms with Gasteiger partial charge in [-0.05, 0) is 26.2 Å². The van der Waals surface area contributed by atoms with Gasteiger partial charge in [-0.25, -0.2) is 0 Å². The molecule has 1 saturated carbocycles. The number of nitrogens with zero attached hydrogens (tertiary/aromatic N) is 1. The van der Waals surface area contributed by atoms with Crippen molar-refractivity contribution < 1.29 is 9.59 Å². The maximum atomic E-state index is 12.9. The van der Waals surface area contributed by atoms with Crippen LogP contribution in [-0.4, -0.2) is 23.1 Å². The van der Waals surface area contributed by atoms with E-state index in [1.54, 1.807) is 0 Å². The van der Waals surface area contributed by atoms with Gasteiger partial charge in [-0.3, -0.25) is 9.59 Å². The van der Waals surface area contributed by atoms with E-state index in [-0.39, 0.29) is 17.1 Å². The number of hydrogen-bond donors (Lipinski definition) is 0. The second-order valence-corrected chi connectivity index (χ2v) is 6.88. The highest BCUT2D eigenvalue weighted by molar-refractivity contribution is 6.05. The number of carbonyl (C=O) groups excluding carboxylic acids is 2. The molecule has 1 aliphatic heterocycles. The van der Waals surface area contributed by atoms with Crippen LogP contribution in [-0.2, 0) is 9.59 Å². The fraction of sp³-hybridized carbons (Fsp3) is 0.647. The van der Waals surface area contributed by atoms with Crippen LogP contribution in [0.3, 0.4) is 0 Å². The van der Waals surface area contributed by atoms with Crippen molar-refractivity contribution in [3.63, 3.8) is 0 Å². The fourth-order valence-corrected chi connectivity index (χ4v) is 4.35. The average molecular weight is 271 g/mol. The Labute approximate surface area is 119 Å². The summed E-state index contributed by atoms with van der Waals surface area (Å²) in [6.07, 6.45) is 9.60. The molecule has 0 N–H and O–H groups in total. The zero-order chi connectivity index (χ0) is 13.9. The normalized spacial score (nSPS) is 31.8. The Balaban J connectivity index is 1.64. The van der Waals surface area contributed by atoms with Crippen LogP contribution in [0.4, 0.5) is 0 Å². The minimum absolute atomic E-state index is 0.0834. The van der Waals surface area contributed by atoms with E-state index in [1.807, 2.05) is 11.8 Å². The van der Waals surface area contributed by atoms with E-state index in [9.17, 15) is 9.59 Å². The lowest BCUT2D eigenvalue weighted by molar-refractivity contribution is -0.136. The van der Waals surface area contributed by atoms with Crippen molar-refractivity contribution >= 4 is 11.7 Å².